The Morgan fingerprint density at radius 2 is 2.00 bits per heavy atom. The number of nitrogens with zero attached hydrogens (tertiary/aromatic N) is 2. The van der Waals surface area contributed by atoms with Crippen LogP contribution >= 0.6 is 44.1 Å². The Kier molecular flexibility index (Phi) is 3.69. The van der Waals surface area contributed by atoms with Crippen molar-refractivity contribution in [1.29, 1.82) is 5.26 Å². The van der Waals surface area contributed by atoms with E-state index in [4.69, 9.17) is 12.2 Å². The van der Waals surface area contributed by atoms with Gasteiger partial charge in [-0.15, -0.1) is 0 Å². The van der Waals surface area contributed by atoms with Crippen LogP contribution in [0.4, 0.5) is 4.39 Å². The molecular formula is C14H6Br2FN3S. The third-order valence-corrected chi connectivity index (χ3v) is 4.43. The standard InChI is InChI=1S/C14H6Br2FN3S/c15-8-1-2-12(7(3-8)6-18)20-13-4-9(16)10(17)5-11(13)19-14(20)21/h1-5H,(H,19,21). The van der Waals surface area contributed by atoms with Gasteiger partial charge in [0.05, 0.1) is 26.8 Å². The first-order chi connectivity index (χ1) is 10.0. The van der Waals surface area contributed by atoms with E-state index in [1.165, 1.54) is 6.07 Å². The van der Waals surface area contributed by atoms with Crippen LogP contribution in [0.5, 0.6) is 0 Å². The van der Waals surface area contributed by atoms with Crippen molar-refractivity contribution < 1.29 is 4.39 Å². The molecule has 0 radical (unpaired) electrons. The zero-order valence-corrected chi connectivity index (χ0v) is 14.3. The lowest BCUT2D eigenvalue weighted by Crippen LogP contribution is -1.97. The van der Waals surface area contributed by atoms with Crippen LogP contribution in [0, 0.1) is 21.9 Å². The summed E-state index contributed by atoms with van der Waals surface area (Å²) < 4.78 is 16.9. The van der Waals surface area contributed by atoms with Gasteiger partial charge in [-0.3, -0.25) is 4.57 Å². The molecule has 2 aromatic carbocycles. The molecule has 1 aromatic heterocycles. The Bertz CT molecular complexity index is 969. The summed E-state index contributed by atoms with van der Waals surface area (Å²) >= 11 is 11.8. The Morgan fingerprint density at radius 3 is 2.71 bits per heavy atom. The van der Waals surface area contributed by atoms with Gasteiger partial charge >= 0.3 is 0 Å². The van der Waals surface area contributed by atoms with Gasteiger partial charge in [-0.2, -0.15) is 5.26 Å². The predicted octanol–water partition coefficient (Wildman–Crippen LogP) is 5.22. The maximum atomic E-state index is 13.6. The Morgan fingerprint density at radius 1 is 1.24 bits per heavy atom. The topological polar surface area (TPSA) is 44.5 Å². The highest BCUT2D eigenvalue weighted by Gasteiger charge is 2.13. The highest BCUT2D eigenvalue weighted by Crippen LogP contribution is 2.28. The summed E-state index contributed by atoms with van der Waals surface area (Å²) in [7, 11) is 0. The van der Waals surface area contributed by atoms with Crippen LogP contribution in [0.2, 0.25) is 0 Å². The molecule has 0 bridgehead atoms. The second-order valence-corrected chi connectivity index (χ2v) is 6.48. The largest absolute Gasteiger partial charge is 0.330 e. The minimum absolute atomic E-state index is 0.341. The minimum atomic E-state index is -0.373. The lowest BCUT2D eigenvalue weighted by atomic mass is 10.2. The fourth-order valence-electron chi connectivity index (χ4n) is 2.13. The van der Waals surface area contributed by atoms with E-state index in [-0.39, 0.29) is 5.82 Å². The average molecular weight is 427 g/mol. The molecule has 0 atom stereocenters. The summed E-state index contributed by atoms with van der Waals surface area (Å²) in [4.78, 5) is 2.96. The number of nitriles is 1. The van der Waals surface area contributed by atoms with Crippen LogP contribution < -0.4 is 0 Å². The molecule has 0 aliphatic rings. The smallest absolute Gasteiger partial charge is 0.182 e. The molecule has 1 heterocycles. The maximum absolute atomic E-state index is 13.6. The molecule has 0 aliphatic carbocycles. The molecule has 7 heteroatoms. The molecule has 0 saturated heterocycles. The number of benzene rings is 2. The van der Waals surface area contributed by atoms with E-state index in [1.807, 2.05) is 6.07 Å². The lowest BCUT2D eigenvalue weighted by Gasteiger charge is -2.07. The molecule has 3 rings (SSSR count). The van der Waals surface area contributed by atoms with E-state index in [1.54, 1.807) is 22.8 Å². The molecule has 1 N–H and O–H groups in total. The van der Waals surface area contributed by atoms with Gasteiger partial charge in [0.25, 0.3) is 0 Å². The Labute approximate surface area is 141 Å². The molecule has 0 fully saturated rings. The number of aromatic amines is 1. The van der Waals surface area contributed by atoms with Crippen molar-refractivity contribution in [3.8, 4) is 11.8 Å². The Balaban J connectivity index is 2.41. The average Bonchev–Trinajstić information content (AvgIpc) is 2.75. The highest BCUT2D eigenvalue weighted by molar-refractivity contribution is 9.10. The number of fused-ring (bicyclic) bond motifs is 1. The van der Waals surface area contributed by atoms with Crippen LogP contribution in [-0.2, 0) is 0 Å². The fourth-order valence-corrected chi connectivity index (χ4v) is 3.13. The van der Waals surface area contributed by atoms with Crippen LogP contribution in [0.3, 0.4) is 0 Å². The minimum Gasteiger partial charge on any atom is -0.330 e. The molecule has 0 unspecified atom stereocenters. The van der Waals surface area contributed by atoms with Gasteiger partial charge in [-0.05, 0) is 52.4 Å². The number of hydrogen-bond donors (Lipinski definition) is 1. The van der Waals surface area contributed by atoms with Crippen molar-refractivity contribution in [3.05, 3.63) is 55.4 Å². The second-order valence-electron chi connectivity index (χ2n) is 4.32. The number of hydrogen-bond acceptors (Lipinski definition) is 2. The number of aromatic nitrogens is 2. The summed E-state index contributed by atoms with van der Waals surface area (Å²) in [5.74, 6) is -0.373. The van der Waals surface area contributed by atoms with Gasteiger partial charge in [-0.1, -0.05) is 15.9 Å². The first-order valence-electron chi connectivity index (χ1n) is 5.81. The van der Waals surface area contributed by atoms with E-state index in [2.05, 4.69) is 42.9 Å². The molecule has 0 aliphatic heterocycles. The van der Waals surface area contributed by atoms with Gasteiger partial charge < -0.3 is 4.98 Å². The fraction of sp³-hybridized carbons (Fsp3) is 0. The molecule has 104 valence electrons. The number of H-pyrrole nitrogens is 1. The molecule has 3 nitrogen and oxygen atoms in total. The van der Waals surface area contributed by atoms with E-state index in [9.17, 15) is 9.65 Å². The summed E-state index contributed by atoms with van der Waals surface area (Å²) in [6.07, 6.45) is 0. The van der Waals surface area contributed by atoms with E-state index in [0.29, 0.717) is 31.5 Å². The van der Waals surface area contributed by atoms with Crippen molar-refractivity contribution in [2.45, 2.75) is 0 Å². The summed E-state index contributed by atoms with van der Waals surface area (Å²) in [5.41, 5.74) is 2.40. The lowest BCUT2D eigenvalue weighted by molar-refractivity contribution is 0.623. The van der Waals surface area contributed by atoms with Crippen molar-refractivity contribution >= 4 is 55.1 Å². The summed E-state index contributed by atoms with van der Waals surface area (Å²) in [5, 5.41) is 9.31. The molecular weight excluding hydrogens is 421 g/mol. The van der Waals surface area contributed by atoms with Crippen LogP contribution in [0.1, 0.15) is 5.56 Å². The van der Waals surface area contributed by atoms with E-state index in [0.717, 1.165) is 4.47 Å². The highest BCUT2D eigenvalue weighted by atomic mass is 79.9. The van der Waals surface area contributed by atoms with Gasteiger partial charge in [-0.25, -0.2) is 4.39 Å². The summed E-state index contributed by atoms with van der Waals surface area (Å²) in [6.45, 7) is 0. The van der Waals surface area contributed by atoms with Crippen LogP contribution in [0.25, 0.3) is 16.7 Å². The quantitative estimate of drug-likeness (QED) is 0.542. The number of halogens is 3. The van der Waals surface area contributed by atoms with Gasteiger partial charge in [0.2, 0.25) is 0 Å². The van der Waals surface area contributed by atoms with Crippen molar-refractivity contribution in [2.24, 2.45) is 0 Å². The predicted molar refractivity (Wildman–Crippen MR) is 88.5 cm³/mol. The molecule has 0 amide bonds. The number of rotatable bonds is 1. The zero-order valence-electron chi connectivity index (χ0n) is 10.3. The zero-order chi connectivity index (χ0) is 15.1. The van der Waals surface area contributed by atoms with Crippen molar-refractivity contribution in [1.82, 2.24) is 9.55 Å². The van der Waals surface area contributed by atoms with E-state index >= 15 is 0 Å². The first kappa shape index (κ1) is 14.4. The van der Waals surface area contributed by atoms with Crippen LogP contribution in [-0.4, -0.2) is 9.55 Å². The number of nitrogens with one attached hydrogen (secondary N) is 1. The molecule has 3 aromatic rings. The Hall–Kier alpha value is -1.49. The molecule has 0 saturated carbocycles. The summed E-state index contributed by atoms with van der Waals surface area (Å²) in [6, 6.07) is 10.5. The monoisotopic (exact) mass is 425 g/mol. The van der Waals surface area contributed by atoms with Gasteiger partial charge in [0, 0.05) is 10.5 Å². The third-order valence-electron chi connectivity index (χ3n) is 3.04. The van der Waals surface area contributed by atoms with Crippen molar-refractivity contribution in [3.63, 3.8) is 0 Å². The number of imidazole rings is 1. The second kappa shape index (κ2) is 5.37. The maximum Gasteiger partial charge on any atom is 0.182 e. The van der Waals surface area contributed by atoms with Gasteiger partial charge in [0.1, 0.15) is 11.9 Å². The first-order valence-corrected chi connectivity index (χ1v) is 7.80. The van der Waals surface area contributed by atoms with Crippen LogP contribution in [0.15, 0.2) is 39.3 Å². The SMILES string of the molecule is N#Cc1cc(Br)ccc1-n1c(=S)[nH]c2cc(F)c(Br)cc21. The molecule has 21 heavy (non-hydrogen) atoms. The van der Waals surface area contributed by atoms with E-state index < -0.39 is 0 Å². The van der Waals surface area contributed by atoms with Crippen molar-refractivity contribution in [2.75, 3.05) is 0 Å². The molecule has 0 spiro atoms. The van der Waals surface area contributed by atoms with Gasteiger partial charge in [0.15, 0.2) is 4.77 Å². The normalized spacial score (nSPS) is 10.8. The third kappa shape index (κ3) is 2.44.